The van der Waals surface area contributed by atoms with Crippen LogP contribution in [0.4, 0.5) is 11.4 Å². The highest BCUT2D eigenvalue weighted by molar-refractivity contribution is 9.10. The van der Waals surface area contributed by atoms with Crippen LogP contribution in [0.2, 0.25) is 0 Å². The first kappa shape index (κ1) is 8.13. The molecular formula is C6H6BrN3O. The fraction of sp³-hybridized carbons (Fsp3) is 0.167. The van der Waals surface area contributed by atoms with E-state index in [0.717, 1.165) is 4.47 Å². The van der Waals surface area contributed by atoms with E-state index in [0.29, 0.717) is 11.4 Å². The molecule has 0 amide bonds. The minimum atomic E-state index is 0.307. The van der Waals surface area contributed by atoms with Gasteiger partial charge in [-0.05, 0) is 21.1 Å². The van der Waals surface area contributed by atoms with Crippen LogP contribution in [0, 0.1) is 4.91 Å². The molecule has 4 nitrogen and oxygen atoms in total. The minimum absolute atomic E-state index is 0.307. The Morgan fingerprint density at radius 3 is 2.82 bits per heavy atom. The molecule has 1 aromatic rings. The third kappa shape index (κ3) is 1.54. The highest BCUT2D eigenvalue weighted by Gasteiger charge is 2.04. The van der Waals surface area contributed by atoms with Crippen molar-refractivity contribution in [3.63, 3.8) is 0 Å². The summed E-state index contributed by atoms with van der Waals surface area (Å²) in [7, 11) is 1.72. The SMILES string of the molecule is CNc1c(Br)cncc1N=O. The Morgan fingerprint density at radius 2 is 2.36 bits per heavy atom. The smallest absolute Gasteiger partial charge is 0.150 e. The third-order valence-corrected chi connectivity index (χ3v) is 1.83. The van der Waals surface area contributed by atoms with Gasteiger partial charge in [-0.1, -0.05) is 0 Å². The molecule has 0 fully saturated rings. The van der Waals surface area contributed by atoms with Gasteiger partial charge in [0.1, 0.15) is 5.69 Å². The van der Waals surface area contributed by atoms with Gasteiger partial charge < -0.3 is 5.32 Å². The van der Waals surface area contributed by atoms with Crippen LogP contribution in [-0.2, 0) is 0 Å². The largest absolute Gasteiger partial charge is 0.385 e. The quantitative estimate of drug-likeness (QED) is 0.771. The van der Waals surface area contributed by atoms with Crippen LogP contribution >= 0.6 is 15.9 Å². The summed E-state index contributed by atoms with van der Waals surface area (Å²) in [6.45, 7) is 0. The maximum Gasteiger partial charge on any atom is 0.150 e. The molecule has 1 N–H and O–H groups in total. The van der Waals surface area contributed by atoms with Crippen molar-refractivity contribution in [2.75, 3.05) is 12.4 Å². The Labute approximate surface area is 72.1 Å². The summed E-state index contributed by atoms with van der Waals surface area (Å²) in [5, 5.41) is 5.63. The van der Waals surface area contributed by atoms with E-state index < -0.39 is 0 Å². The van der Waals surface area contributed by atoms with E-state index >= 15 is 0 Å². The van der Waals surface area contributed by atoms with Crippen molar-refractivity contribution in [3.05, 3.63) is 21.8 Å². The first-order valence-corrected chi connectivity index (χ1v) is 3.73. The number of anilines is 1. The molecule has 0 aliphatic carbocycles. The number of nitrogens with zero attached hydrogens (tertiary/aromatic N) is 2. The lowest BCUT2D eigenvalue weighted by atomic mass is 10.3. The van der Waals surface area contributed by atoms with E-state index in [1.807, 2.05) is 0 Å². The maximum absolute atomic E-state index is 10.2. The summed E-state index contributed by atoms with van der Waals surface area (Å²) >= 11 is 3.22. The molecule has 0 unspecified atom stereocenters. The molecule has 0 spiro atoms. The Balaban J connectivity index is 3.23. The van der Waals surface area contributed by atoms with E-state index in [1.54, 1.807) is 13.2 Å². The van der Waals surface area contributed by atoms with Gasteiger partial charge in [0.05, 0.1) is 16.4 Å². The van der Waals surface area contributed by atoms with Gasteiger partial charge >= 0.3 is 0 Å². The van der Waals surface area contributed by atoms with Gasteiger partial charge in [0.2, 0.25) is 0 Å². The standard InChI is InChI=1S/C6H6BrN3O/c1-8-6-4(7)2-9-3-5(6)10-11/h2-3H,1H3,(H,8,9). The fourth-order valence-electron chi connectivity index (χ4n) is 0.741. The topological polar surface area (TPSA) is 54.4 Å². The van der Waals surface area contributed by atoms with Crippen molar-refractivity contribution < 1.29 is 0 Å². The first-order chi connectivity index (χ1) is 5.29. The number of hydrogen-bond acceptors (Lipinski definition) is 4. The van der Waals surface area contributed by atoms with Crippen molar-refractivity contribution in [2.45, 2.75) is 0 Å². The van der Waals surface area contributed by atoms with Gasteiger partial charge in [-0.15, -0.1) is 4.91 Å². The summed E-state index contributed by atoms with van der Waals surface area (Å²) in [5.41, 5.74) is 0.969. The van der Waals surface area contributed by atoms with Gasteiger partial charge in [-0.25, -0.2) is 0 Å². The second-order valence-corrected chi connectivity index (χ2v) is 2.71. The number of nitrogens with one attached hydrogen (secondary N) is 1. The minimum Gasteiger partial charge on any atom is -0.385 e. The third-order valence-electron chi connectivity index (χ3n) is 1.23. The molecule has 0 saturated carbocycles. The molecule has 0 aliphatic heterocycles. The Kier molecular flexibility index (Phi) is 2.53. The van der Waals surface area contributed by atoms with Crippen molar-refractivity contribution in [1.29, 1.82) is 0 Å². The number of nitroso groups, excluding NO2 is 1. The zero-order valence-corrected chi connectivity index (χ0v) is 7.42. The van der Waals surface area contributed by atoms with Gasteiger partial charge in [-0.2, -0.15) is 0 Å². The molecule has 0 radical (unpaired) electrons. The summed E-state index contributed by atoms with van der Waals surface area (Å²) in [4.78, 5) is 14.0. The van der Waals surface area contributed by atoms with Crippen LogP contribution in [0.5, 0.6) is 0 Å². The Morgan fingerprint density at radius 1 is 1.64 bits per heavy atom. The van der Waals surface area contributed by atoms with Crippen LogP contribution in [0.15, 0.2) is 22.0 Å². The van der Waals surface area contributed by atoms with Crippen molar-refractivity contribution in [2.24, 2.45) is 5.18 Å². The highest BCUT2D eigenvalue weighted by Crippen LogP contribution is 2.30. The number of aromatic nitrogens is 1. The molecule has 11 heavy (non-hydrogen) atoms. The molecule has 0 bridgehead atoms. The van der Waals surface area contributed by atoms with Crippen molar-refractivity contribution in [1.82, 2.24) is 4.98 Å². The van der Waals surface area contributed by atoms with E-state index in [4.69, 9.17) is 0 Å². The summed E-state index contributed by atoms with van der Waals surface area (Å²) in [6, 6.07) is 0. The second-order valence-electron chi connectivity index (χ2n) is 1.86. The number of halogens is 1. The Hall–Kier alpha value is -0.970. The van der Waals surface area contributed by atoms with Crippen LogP contribution in [0.1, 0.15) is 0 Å². The fourth-order valence-corrected chi connectivity index (χ4v) is 1.26. The van der Waals surface area contributed by atoms with Crippen molar-refractivity contribution >= 4 is 27.3 Å². The van der Waals surface area contributed by atoms with Crippen LogP contribution < -0.4 is 5.32 Å². The molecule has 0 aromatic carbocycles. The van der Waals surface area contributed by atoms with Gasteiger partial charge in [0.15, 0.2) is 0 Å². The molecule has 58 valence electrons. The summed E-state index contributed by atoms with van der Waals surface area (Å²) in [5.74, 6) is 0. The average Bonchev–Trinajstić information content (AvgIpc) is 2.04. The molecule has 1 heterocycles. The van der Waals surface area contributed by atoms with Crippen LogP contribution in [0.3, 0.4) is 0 Å². The molecule has 5 heteroatoms. The maximum atomic E-state index is 10.2. The van der Waals surface area contributed by atoms with Crippen LogP contribution in [0.25, 0.3) is 0 Å². The van der Waals surface area contributed by atoms with Crippen molar-refractivity contribution in [3.8, 4) is 0 Å². The van der Waals surface area contributed by atoms with Crippen LogP contribution in [-0.4, -0.2) is 12.0 Å². The van der Waals surface area contributed by atoms with Gasteiger partial charge in [0, 0.05) is 13.2 Å². The van der Waals surface area contributed by atoms with Gasteiger partial charge in [-0.3, -0.25) is 4.98 Å². The molecule has 1 rings (SSSR count). The lowest BCUT2D eigenvalue weighted by molar-refractivity contribution is 1.27. The molecule has 1 aromatic heterocycles. The van der Waals surface area contributed by atoms with Gasteiger partial charge in [0.25, 0.3) is 0 Å². The monoisotopic (exact) mass is 215 g/mol. The van der Waals surface area contributed by atoms with E-state index in [1.165, 1.54) is 6.20 Å². The molecule has 0 saturated heterocycles. The highest BCUT2D eigenvalue weighted by atomic mass is 79.9. The lowest BCUT2D eigenvalue weighted by Crippen LogP contribution is -1.90. The van der Waals surface area contributed by atoms with E-state index in [2.05, 4.69) is 31.4 Å². The molecule has 0 aliphatic rings. The predicted molar refractivity (Wildman–Crippen MR) is 46.9 cm³/mol. The molecular weight excluding hydrogens is 210 g/mol. The lowest BCUT2D eigenvalue weighted by Gasteiger charge is -2.02. The summed E-state index contributed by atoms with van der Waals surface area (Å²) in [6.07, 6.45) is 3.00. The zero-order chi connectivity index (χ0) is 8.27. The van der Waals surface area contributed by atoms with E-state index in [-0.39, 0.29) is 0 Å². The van der Waals surface area contributed by atoms with E-state index in [9.17, 15) is 4.91 Å². The molecule has 0 atom stereocenters. The first-order valence-electron chi connectivity index (χ1n) is 2.94. The predicted octanol–water partition coefficient (Wildman–Crippen LogP) is 2.28. The average molecular weight is 216 g/mol. The second kappa shape index (κ2) is 3.43. The number of hydrogen-bond donors (Lipinski definition) is 1. The Bertz CT molecular complexity index is 277. The normalized spacial score (nSPS) is 9.27. The number of rotatable bonds is 2. The summed E-state index contributed by atoms with van der Waals surface area (Å²) < 4.78 is 0.733. The zero-order valence-electron chi connectivity index (χ0n) is 5.84. The number of pyridine rings is 1.